The van der Waals surface area contributed by atoms with Crippen LogP contribution in [0.4, 0.5) is 4.79 Å². The average molecular weight is 257 g/mol. The molecule has 0 spiro atoms. The Morgan fingerprint density at radius 2 is 2.22 bits per heavy atom. The van der Waals surface area contributed by atoms with Gasteiger partial charge < -0.3 is 25.3 Å². The van der Waals surface area contributed by atoms with E-state index in [0.29, 0.717) is 11.7 Å². The first kappa shape index (κ1) is 14.0. The number of hydrogen-bond donors (Lipinski definition) is 4. The molecule has 1 aromatic rings. The Bertz CT molecular complexity index is 429. The molecule has 0 radical (unpaired) electrons. The van der Waals surface area contributed by atoms with Crippen LogP contribution in [0.1, 0.15) is 18.6 Å². The van der Waals surface area contributed by atoms with Crippen LogP contribution in [-0.2, 0) is 11.3 Å². The van der Waals surface area contributed by atoms with Crippen molar-refractivity contribution in [2.24, 2.45) is 0 Å². The number of carboxylic acid groups (broad SMARTS) is 1. The third-order valence-electron chi connectivity index (χ3n) is 2.10. The van der Waals surface area contributed by atoms with Crippen molar-refractivity contribution in [1.82, 2.24) is 15.6 Å². The molecular weight excluding hydrogens is 242 g/mol. The molecule has 0 aliphatic rings. The van der Waals surface area contributed by atoms with Crippen molar-refractivity contribution in [2.45, 2.75) is 32.5 Å². The molecule has 1 aromatic heterocycles. The Hall–Kier alpha value is -2.09. The molecule has 0 aliphatic carbocycles. The van der Waals surface area contributed by atoms with Crippen molar-refractivity contribution in [1.29, 1.82) is 0 Å². The van der Waals surface area contributed by atoms with E-state index in [0.717, 1.165) is 0 Å². The molecule has 2 atom stereocenters. The van der Waals surface area contributed by atoms with E-state index in [9.17, 15) is 9.59 Å². The van der Waals surface area contributed by atoms with Crippen LogP contribution >= 0.6 is 0 Å². The van der Waals surface area contributed by atoms with E-state index in [4.69, 9.17) is 14.6 Å². The summed E-state index contributed by atoms with van der Waals surface area (Å²) in [6, 6.07) is -2.09. The first-order valence-corrected chi connectivity index (χ1v) is 5.26. The normalized spacial score (nSPS) is 13.7. The predicted octanol–water partition coefficient (Wildman–Crippen LogP) is -0.384. The van der Waals surface area contributed by atoms with Crippen LogP contribution in [0.25, 0.3) is 0 Å². The number of aryl methyl sites for hydroxylation is 1. The van der Waals surface area contributed by atoms with Crippen LogP contribution in [0.5, 0.6) is 0 Å². The standard InChI is InChI=1S/C10H15N3O5/c1-5-3-11-7(18-5)4-12-10(17)13-8(6(2)14)9(15)16/h3,6,8,14H,4H2,1-2H3,(H,15,16)(H2,12,13,17). The Morgan fingerprint density at radius 1 is 1.56 bits per heavy atom. The van der Waals surface area contributed by atoms with E-state index in [2.05, 4.69) is 15.6 Å². The smallest absolute Gasteiger partial charge is 0.328 e. The number of hydrogen-bond acceptors (Lipinski definition) is 5. The van der Waals surface area contributed by atoms with Crippen LogP contribution in [0, 0.1) is 6.92 Å². The highest BCUT2D eigenvalue weighted by Gasteiger charge is 2.24. The van der Waals surface area contributed by atoms with Crippen LogP contribution in [-0.4, -0.2) is 39.3 Å². The second kappa shape index (κ2) is 6.01. The van der Waals surface area contributed by atoms with Gasteiger partial charge >= 0.3 is 12.0 Å². The van der Waals surface area contributed by atoms with E-state index in [1.807, 2.05) is 0 Å². The van der Waals surface area contributed by atoms with Crippen molar-refractivity contribution in [2.75, 3.05) is 0 Å². The molecule has 18 heavy (non-hydrogen) atoms. The molecule has 0 fully saturated rings. The Morgan fingerprint density at radius 3 is 2.67 bits per heavy atom. The van der Waals surface area contributed by atoms with Gasteiger partial charge in [0.2, 0.25) is 5.89 Å². The summed E-state index contributed by atoms with van der Waals surface area (Å²) < 4.78 is 5.11. The number of carbonyl (C=O) groups excluding carboxylic acids is 1. The molecule has 100 valence electrons. The first-order valence-electron chi connectivity index (χ1n) is 5.26. The number of nitrogens with one attached hydrogen (secondary N) is 2. The quantitative estimate of drug-likeness (QED) is 0.569. The highest BCUT2D eigenvalue weighted by atomic mass is 16.4. The average Bonchev–Trinajstić information content (AvgIpc) is 2.68. The molecule has 4 N–H and O–H groups in total. The highest BCUT2D eigenvalue weighted by Crippen LogP contribution is 2.00. The number of nitrogens with zero attached hydrogens (tertiary/aromatic N) is 1. The van der Waals surface area contributed by atoms with E-state index in [1.165, 1.54) is 13.1 Å². The molecule has 1 heterocycles. The summed E-state index contributed by atoms with van der Waals surface area (Å²) in [7, 11) is 0. The van der Waals surface area contributed by atoms with Gasteiger partial charge in [0.05, 0.1) is 18.8 Å². The van der Waals surface area contributed by atoms with Crippen molar-refractivity contribution in [3.8, 4) is 0 Å². The van der Waals surface area contributed by atoms with Gasteiger partial charge in [0.25, 0.3) is 0 Å². The van der Waals surface area contributed by atoms with Crippen LogP contribution in [0.15, 0.2) is 10.6 Å². The van der Waals surface area contributed by atoms with Gasteiger partial charge in [0.15, 0.2) is 6.04 Å². The minimum atomic E-state index is -1.36. The minimum Gasteiger partial charge on any atom is -0.480 e. The molecule has 1 rings (SSSR count). The second-order valence-corrected chi connectivity index (χ2v) is 3.75. The summed E-state index contributed by atoms with van der Waals surface area (Å²) in [5.74, 6) is -0.390. The molecule has 8 nitrogen and oxygen atoms in total. The summed E-state index contributed by atoms with van der Waals surface area (Å²) in [6.45, 7) is 3.02. The number of aliphatic carboxylic acids is 1. The highest BCUT2D eigenvalue weighted by molar-refractivity contribution is 5.82. The van der Waals surface area contributed by atoms with Crippen molar-refractivity contribution >= 4 is 12.0 Å². The van der Waals surface area contributed by atoms with Gasteiger partial charge in [-0.2, -0.15) is 0 Å². The molecular formula is C10H15N3O5. The Kier molecular flexibility index (Phi) is 4.67. The summed E-state index contributed by atoms with van der Waals surface area (Å²) in [5.41, 5.74) is 0. The van der Waals surface area contributed by atoms with Gasteiger partial charge in [-0.1, -0.05) is 0 Å². The van der Waals surface area contributed by atoms with Gasteiger partial charge in [-0.15, -0.1) is 0 Å². The maximum atomic E-state index is 11.4. The summed E-state index contributed by atoms with van der Waals surface area (Å²) in [5, 5.41) is 22.4. The van der Waals surface area contributed by atoms with E-state index in [1.54, 1.807) is 6.92 Å². The van der Waals surface area contributed by atoms with Crippen molar-refractivity contribution < 1.29 is 24.2 Å². The first-order chi connectivity index (χ1) is 8.40. The number of carboxylic acids is 1. The number of rotatable bonds is 5. The molecule has 8 heteroatoms. The fraction of sp³-hybridized carbons (Fsp3) is 0.500. The topological polar surface area (TPSA) is 125 Å². The number of urea groups is 1. The maximum Gasteiger partial charge on any atom is 0.328 e. The molecule has 2 amide bonds. The summed E-state index contributed by atoms with van der Waals surface area (Å²) in [6.07, 6.45) is 0.308. The number of amides is 2. The summed E-state index contributed by atoms with van der Waals surface area (Å²) in [4.78, 5) is 26.0. The lowest BCUT2D eigenvalue weighted by Crippen LogP contribution is -2.50. The molecule has 0 saturated heterocycles. The number of aliphatic hydroxyl groups is 1. The predicted molar refractivity (Wildman–Crippen MR) is 59.7 cm³/mol. The van der Waals surface area contributed by atoms with Crippen LogP contribution < -0.4 is 10.6 Å². The number of aromatic nitrogens is 1. The Labute approximate surface area is 103 Å². The van der Waals surface area contributed by atoms with Gasteiger partial charge in [-0.3, -0.25) is 0 Å². The van der Waals surface area contributed by atoms with Crippen LogP contribution in [0.2, 0.25) is 0 Å². The zero-order chi connectivity index (χ0) is 13.7. The molecule has 0 saturated carbocycles. The van der Waals surface area contributed by atoms with Crippen LogP contribution in [0.3, 0.4) is 0 Å². The van der Waals surface area contributed by atoms with E-state index >= 15 is 0 Å². The second-order valence-electron chi connectivity index (χ2n) is 3.75. The zero-order valence-electron chi connectivity index (χ0n) is 10.0. The third kappa shape index (κ3) is 4.06. The van der Waals surface area contributed by atoms with Gasteiger partial charge in [-0.25, -0.2) is 14.6 Å². The lowest BCUT2D eigenvalue weighted by atomic mass is 10.2. The minimum absolute atomic E-state index is 0.0336. The number of aliphatic hydroxyl groups excluding tert-OH is 1. The maximum absolute atomic E-state index is 11.4. The van der Waals surface area contributed by atoms with Gasteiger partial charge in [0.1, 0.15) is 5.76 Å². The monoisotopic (exact) mass is 257 g/mol. The van der Waals surface area contributed by atoms with Crippen molar-refractivity contribution in [3.05, 3.63) is 17.8 Å². The van der Waals surface area contributed by atoms with Crippen molar-refractivity contribution in [3.63, 3.8) is 0 Å². The van der Waals surface area contributed by atoms with E-state index < -0.39 is 24.1 Å². The van der Waals surface area contributed by atoms with Gasteiger partial charge in [0, 0.05) is 0 Å². The fourth-order valence-electron chi connectivity index (χ4n) is 1.22. The largest absolute Gasteiger partial charge is 0.480 e. The number of carbonyl (C=O) groups is 2. The molecule has 2 unspecified atom stereocenters. The fourth-order valence-corrected chi connectivity index (χ4v) is 1.22. The molecule has 0 bridgehead atoms. The third-order valence-corrected chi connectivity index (χ3v) is 2.10. The summed E-state index contributed by atoms with van der Waals surface area (Å²) >= 11 is 0. The Balaban J connectivity index is 2.43. The molecule has 0 aromatic carbocycles. The lowest BCUT2D eigenvalue weighted by molar-refractivity contribution is -0.141. The number of oxazole rings is 1. The SMILES string of the molecule is Cc1cnc(CNC(=O)NC(C(=O)O)C(C)O)o1. The van der Waals surface area contributed by atoms with E-state index in [-0.39, 0.29) is 6.54 Å². The lowest BCUT2D eigenvalue weighted by Gasteiger charge is -2.16. The molecule has 0 aliphatic heterocycles. The zero-order valence-corrected chi connectivity index (χ0v) is 10.0. The van der Waals surface area contributed by atoms with Gasteiger partial charge in [-0.05, 0) is 13.8 Å².